The van der Waals surface area contributed by atoms with Crippen LogP contribution in [0.1, 0.15) is 18.2 Å². The smallest absolute Gasteiger partial charge is 0.194 e. The fourth-order valence-corrected chi connectivity index (χ4v) is 2.15. The Morgan fingerprint density at radius 2 is 2.05 bits per heavy atom. The molecular formula is C15H20BrIN4O. The van der Waals surface area contributed by atoms with Crippen LogP contribution in [0.15, 0.2) is 50.6 Å². The van der Waals surface area contributed by atoms with Crippen molar-refractivity contribution in [2.75, 3.05) is 13.6 Å². The Kier molecular flexibility index (Phi) is 8.47. The van der Waals surface area contributed by atoms with Crippen molar-refractivity contribution in [3.63, 3.8) is 0 Å². The third kappa shape index (κ3) is 5.96. The van der Waals surface area contributed by atoms with Crippen LogP contribution in [0.4, 0.5) is 0 Å². The highest BCUT2D eigenvalue weighted by molar-refractivity contribution is 14.0. The zero-order valence-corrected chi connectivity index (χ0v) is 16.5. The summed E-state index contributed by atoms with van der Waals surface area (Å²) < 4.78 is 5.90. The molecule has 0 bridgehead atoms. The first-order valence-electron chi connectivity index (χ1n) is 6.82. The van der Waals surface area contributed by atoms with Crippen LogP contribution in [0.3, 0.4) is 0 Å². The van der Waals surface area contributed by atoms with Gasteiger partial charge in [-0.25, -0.2) is 4.99 Å². The summed E-state index contributed by atoms with van der Waals surface area (Å²) >= 11 is 3.45. The fraction of sp³-hybridized carbons (Fsp3) is 0.333. The van der Waals surface area contributed by atoms with Gasteiger partial charge >= 0.3 is 0 Å². The van der Waals surface area contributed by atoms with Crippen molar-refractivity contribution in [3.8, 4) is 0 Å². The molecule has 0 fully saturated rings. The van der Waals surface area contributed by atoms with Crippen LogP contribution in [-0.2, 0) is 13.1 Å². The molecule has 0 unspecified atom stereocenters. The van der Waals surface area contributed by atoms with Crippen molar-refractivity contribution in [2.24, 2.45) is 4.99 Å². The van der Waals surface area contributed by atoms with Crippen molar-refractivity contribution >= 4 is 45.9 Å². The molecule has 0 atom stereocenters. The zero-order valence-electron chi connectivity index (χ0n) is 12.6. The molecule has 1 aromatic carbocycles. The van der Waals surface area contributed by atoms with E-state index in [4.69, 9.17) is 4.52 Å². The Morgan fingerprint density at radius 3 is 2.64 bits per heavy atom. The van der Waals surface area contributed by atoms with Gasteiger partial charge in [0.2, 0.25) is 0 Å². The van der Waals surface area contributed by atoms with Crippen LogP contribution in [0, 0.1) is 0 Å². The minimum Gasteiger partial charge on any atom is -0.364 e. The van der Waals surface area contributed by atoms with Gasteiger partial charge in [0, 0.05) is 30.7 Å². The van der Waals surface area contributed by atoms with E-state index in [1.807, 2.05) is 25.2 Å². The van der Waals surface area contributed by atoms with Crippen molar-refractivity contribution in [2.45, 2.75) is 20.0 Å². The molecule has 2 rings (SSSR count). The van der Waals surface area contributed by atoms with Gasteiger partial charge in [-0.3, -0.25) is 0 Å². The lowest BCUT2D eigenvalue weighted by atomic mass is 10.2. The van der Waals surface area contributed by atoms with Gasteiger partial charge in [0.1, 0.15) is 12.0 Å². The van der Waals surface area contributed by atoms with Gasteiger partial charge in [-0.05, 0) is 24.6 Å². The summed E-state index contributed by atoms with van der Waals surface area (Å²) in [5.74, 6) is 0.850. The molecule has 2 aromatic rings. The van der Waals surface area contributed by atoms with Crippen molar-refractivity contribution in [1.82, 2.24) is 15.4 Å². The average Bonchev–Trinajstić information content (AvgIpc) is 2.99. The molecule has 1 N–H and O–H groups in total. The van der Waals surface area contributed by atoms with Gasteiger partial charge in [-0.2, -0.15) is 0 Å². The standard InChI is InChI=1S/C15H19BrN4O.HI/c1-3-17-15(18-10-14-8-9-21-19-14)20(2)11-12-4-6-13(16)7-5-12;/h4-9H,3,10-11H2,1-2H3,(H,17,18);1H. The van der Waals surface area contributed by atoms with Crippen molar-refractivity contribution in [3.05, 3.63) is 52.3 Å². The highest BCUT2D eigenvalue weighted by Gasteiger charge is 2.07. The molecule has 7 heteroatoms. The number of aromatic nitrogens is 1. The van der Waals surface area contributed by atoms with E-state index in [1.165, 1.54) is 5.56 Å². The second-order valence-corrected chi connectivity index (χ2v) is 5.56. The molecule has 0 saturated carbocycles. The molecule has 120 valence electrons. The van der Waals surface area contributed by atoms with Crippen LogP contribution in [0.5, 0.6) is 0 Å². The average molecular weight is 479 g/mol. The third-order valence-corrected chi connectivity index (χ3v) is 3.44. The number of hydrogen-bond acceptors (Lipinski definition) is 3. The highest BCUT2D eigenvalue weighted by Crippen LogP contribution is 2.12. The Bertz CT molecular complexity index is 572. The molecule has 1 heterocycles. The lowest BCUT2D eigenvalue weighted by Gasteiger charge is -2.22. The summed E-state index contributed by atoms with van der Waals surface area (Å²) in [7, 11) is 2.02. The van der Waals surface area contributed by atoms with Crippen LogP contribution in [0.2, 0.25) is 0 Å². The first-order valence-corrected chi connectivity index (χ1v) is 7.61. The largest absolute Gasteiger partial charge is 0.364 e. The molecule has 5 nitrogen and oxygen atoms in total. The molecule has 0 aliphatic heterocycles. The molecule has 22 heavy (non-hydrogen) atoms. The SMILES string of the molecule is CCNC(=NCc1ccon1)N(C)Cc1ccc(Br)cc1.I. The van der Waals surface area contributed by atoms with E-state index < -0.39 is 0 Å². The fourth-order valence-electron chi connectivity index (χ4n) is 1.88. The lowest BCUT2D eigenvalue weighted by molar-refractivity contribution is 0.411. The van der Waals surface area contributed by atoms with E-state index in [0.29, 0.717) is 6.54 Å². The van der Waals surface area contributed by atoms with Crippen molar-refractivity contribution < 1.29 is 4.52 Å². The van der Waals surface area contributed by atoms with Gasteiger partial charge in [0.15, 0.2) is 5.96 Å². The third-order valence-electron chi connectivity index (χ3n) is 2.91. The van der Waals surface area contributed by atoms with Gasteiger partial charge in [0.05, 0.1) is 6.54 Å². The predicted octanol–water partition coefficient (Wildman–Crippen LogP) is 3.65. The second kappa shape index (κ2) is 9.83. The predicted molar refractivity (Wildman–Crippen MR) is 102 cm³/mol. The molecule has 0 saturated heterocycles. The van der Waals surface area contributed by atoms with Crippen LogP contribution < -0.4 is 5.32 Å². The van der Waals surface area contributed by atoms with E-state index in [-0.39, 0.29) is 24.0 Å². The number of hydrogen-bond donors (Lipinski definition) is 1. The number of nitrogens with zero attached hydrogens (tertiary/aromatic N) is 3. The summed E-state index contributed by atoms with van der Waals surface area (Å²) in [4.78, 5) is 6.66. The monoisotopic (exact) mass is 478 g/mol. The normalized spacial score (nSPS) is 11.0. The molecule has 0 spiro atoms. The second-order valence-electron chi connectivity index (χ2n) is 4.64. The number of guanidine groups is 1. The minimum absolute atomic E-state index is 0. The van der Waals surface area contributed by atoms with Gasteiger partial charge in [-0.15, -0.1) is 24.0 Å². The maximum absolute atomic E-state index is 4.82. The van der Waals surface area contributed by atoms with Crippen LogP contribution in [-0.4, -0.2) is 29.6 Å². The molecule has 0 aliphatic carbocycles. The molecular weight excluding hydrogens is 459 g/mol. The Balaban J connectivity index is 0.00000242. The maximum Gasteiger partial charge on any atom is 0.194 e. The quantitative estimate of drug-likeness (QED) is 0.405. The number of benzene rings is 1. The minimum atomic E-state index is 0. The summed E-state index contributed by atoms with van der Waals surface area (Å²) in [5.41, 5.74) is 2.05. The number of halogens is 2. The summed E-state index contributed by atoms with van der Waals surface area (Å²) in [6, 6.07) is 10.1. The highest BCUT2D eigenvalue weighted by atomic mass is 127. The lowest BCUT2D eigenvalue weighted by Crippen LogP contribution is -2.38. The number of aliphatic imine (C=N–C) groups is 1. The summed E-state index contributed by atoms with van der Waals surface area (Å²) in [6.45, 7) is 4.17. The Morgan fingerprint density at radius 1 is 1.32 bits per heavy atom. The van der Waals surface area contributed by atoms with Gasteiger partial charge < -0.3 is 14.7 Å². The molecule has 0 radical (unpaired) electrons. The topological polar surface area (TPSA) is 53.7 Å². The van der Waals surface area contributed by atoms with E-state index >= 15 is 0 Å². The molecule has 1 aromatic heterocycles. The summed E-state index contributed by atoms with van der Waals surface area (Å²) in [5, 5.41) is 7.15. The Hall–Kier alpha value is -1.09. The summed E-state index contributed by atoms with van der Waals surface area (Å²) in [6.07, 6.45) is 1.56. The maximum atomic E-state index is 4.82. The van der Waals surface area contributed by atoms with Gasteiger partial charge in [-0.1, -0.05) is 33.2 Å². The number of nitrogens with one attached hydrogen (secondary N) is 1. The Labute approximate surface area is 156 Å². The first kappa shape index (κ1) is 19.0. The van der Waals surface area contributed by atoms with Gasteiger partial charge in [0.25, 0.3) is 0 Å². The van der Waals surface area contributed by atoms with Crippen molar-refractivity contribution in [1.29, 1.82) is 0 Å². The zero-order chi connectivity index (χ0) is 15.1. The van der Waals surface area contributed by atoms with Crippen LogP contribution in [0.25, 0.3) is 0 Å². The van der Waals surface area contributed by atoms with E-state index in [2.05, 4.69) is 55.4 Å². The van der Waals surface area contributed by atoms with Crippen LogP contribution >= 0.6 is 39.9 Å². The van der Waals surface area contributed by atoms with E-state index in [1.54, 1.807) is 6.26 Å². The van der Waals surface area contributed by atoms with E-state index in [9.17, 15) is 0 Å². The first-order chi connectivity index (χ1) is 10.2. The number of rotatable bonds is 5. The van der Waals surface area contributed by atoms with E-state index in [0.717, 1.165) is 29.2 Å². The molecule has 0 amide bonds. The molecule has 0 aliphatic rings.